The molecule has 2 aromatic rings. The summed E-state index contributed by atoms with van der Waals surface area (Å²) < 4.78 is 20.7. The lowest BCUT2D eigenvalue weighted by molar-refractivity contribution is -0.135. The number of carbonyl (C=O) groups is 2. The van der Waals surface area contributed by atoms with Crippen molar-refractivity contribution in [2.24, 2.45) is 0 Å². The van der Waals surface area contributed by atoms with E-state index in [1.807, 2.05) is 0 Å². The fourth-order valence-electron chi connectivity index (χ4n) is 1.67. The van der Waals surface area contributed by atoms with Crippen LogP contribution in [0.4, 0.5) is 10.5 Å². The Bertz CT molecular complexity index is 677. The highest BCUT2D eigenvalue weighted by Gasteiger charge is 2.20. The molecule has 0 saturated carbocycles. The Morgan fingerprint density at radius 1 is 1.05 bits per heavy atom. The van der Waals surface area contributed by atoms with E-state index in [9.17, 15) is 9.59 Å². The SMILES string of the molecule is [2H]C([2H])(OC(=O)N(CC(=O)O)c1ccccc1)c1ccccc1. The number of ether oxygens (including phenoxy) is 1. The lowest BCUT2D eigenvalue weighted by Gasteiger charge is -2.20. The van der Waals surface area contributed by atoms with Gasteiger partial charge in [0.15, 0.2) is 0 Å². The molecule has 0 aromatic heterocycles. The van der Waals surface area contributed by atoms with Gasteiger partial charge in [-0.1, -0.05) is 48.5 Å². The smallest absolute Gasteiger partial charge is 0.415 e. The maximum atomic E-state index is 12.3. The number of aliphatic carboxylic acids is 1. The van der Waals surface area contributed by atoms with E-state index in [0.717, 1.165) is 4.90 Å². The number of carboxylic acid groups (broad SMARTS) is 1. The van der Waals surface area contributed by atoms with Crippen molar-refractivity contribution in [2.75, 3.05) is 11.4 Å². The standard InChI is InChI=1S/C16H15NO4/c18-15(19)11-17(14-9-5-2-6-10-14)16(20)21-12-13-7-3-1-4-8-13/h1-10H,11-12H2,(H,18,19)/i12D2. The van der Waals surface area contributed by atoms with E-state index in [4.69, 9.17) is 12.6 Å². The van der Waals surface area contributed by atoms with E-state index < -0.39 is 25.2 Å². The van der Waals surface area contributed by atoms with Crippen molar-refractivity contribution in [2.45, 2.75) is 6.56 Å². The van der Waals surface area contributed by atoms with E-state index in [-0.39, 0.29) is 5.56 Å². The van der Waals surface area contributed by atoms with Crippen molar-refractivity contribution >= 4 is 17.7 Å². The normalized spacial score (nSPS) is 12.0. The number of carboxylic acids is 1. The Kier molecular flexibility index (Phi) is 4.04. The quantitative estimate of drug-likeness (QED) is 0.918. The zero-order valence-corrected chi connectivity index (χ0v) is 11.1. The molecule has 0 bridgehead atoms. The van der Waals surface area contributed by atoms with Gasteiger partial charge in [0.2, 0.25) is 0 Å². The highest BCUT2D eigenvalue weighted by atomic mass is 16.6. The van der Waals surface area contributed by atoms with Crippen LogP contribution < -0.4 is 4.90 Å². The zero-order chi connectivity index (χ0) is 16.9. The summed E-state index contributed by atoms with van der Waals surface area (Å²) in [6, 6.07) is 16.0. The number of benzene rings is 2. The molecule has 0 fully saturated rings. The van der Waals surface area contributed by atoms with E-state index in [1.165, 1.54) is 12.1 Å². The average molecular weight is 287 g/mol. The topological polar surface area (TPSA) is 66.8 Å². The molecular weight excluding hydrogens is 270 g/mol. The summed E-state index contributed by atoms with van der Waals surface area (Å²) in [4.78, 5) is 24.1. The summed E-state index contributed by atoms with van der Waals surface area (Å²) >= 11 is 0. The minimum atomic E-state index is -2.37. The first kappa shape index (κ1) is 12.0. The molecule has 0 saturated heterocycles. The van der Waals surface area contributed by atoms with Gasteiger partial charge in [-0.05, 0) is 17.7 Å². The Balaban J connectivity index is 2.23. The van der Waals surface area contributed by atoms with Crippen LogP contribution in [0.2, 0.25) is 0 Å². The molecule has 0 atom stereocenters. The maximum Gasteiger partial charge on any atom is 0.415 e. The maximum absolute atomic E-state index is 12.3. The van der Waals surface area contributed by atoms with Gasteiger partial charge in [0, 0.05) is 5.69 Å². The summed E-state index contributed by atoms with van der Waals surface area (Å²) in [7, 11) is 0. The monoisotopic (exact) mass is 287 g/mol. The second-order valence-electron chi connectivity index (χ2n) is 4.15. The minimum absolute atomic E-state index is 0.164. The highest BCUT2D eigenvalue weighted by Crippen LogP contribution is 2.15. The molecule has 0 unspecified atom stereocenters. The van der Waals surface area contributed by atoms with Crippen LogP contribution in [0.3, 0.4) is 0 Å². The molecule has 2 rings (SSSR count). The second kappa shape index (κ2) is 7.09. The molecule has 0 aliphatic carbocycles. The van der Waals surface area contributed by atoms with E-state index in [1.54, 1.807) is 48.5 Å². The van der Waals surface area contributed by atoms with Gasteiger partial charge >= 0.3 is 12.1 Å². The number of rotatable bonds is 5. The molecule has 0 radical (unpaired) electrons. The summed E-state index contributed by atoms with van der Waals surface area (Å²) in [6.07, 6.45) is -1.08. The zero-order valence-electron chi connectivity index (χ0n) is 13.1. The number of amides is 1. The largest absolute Gasteiger partial charge is 0.480 e. The molecular formula is C16H15NO4. The Hall–Kier alpha value is -2.82. The third kappa shape index (κ3) is 4.35. The van der Waals surface area contributed by atoms with Crippen molar-refractivity contribution in [1.82, 2.24) is 0 Å². The molecule has 5 heteroatoms. The van der Waals surface area contributed by atoms with Gasteiger partial charge in [-0.3, -0.25) is 9.69 Å². The van der Waals surface area contributed by atoms with E-state index in [2.05, 4.69) is 0 Å². The van der Waals surface area contributed by atoms with Gasteiger partial charge in [0.25, 0.3) is 0 Å². The predicted octanol–water partition coefficient (Wildman–Crippen LogP) is 2.91. The molecule has 108 valence electrons. The Morgan fingerprint density at radius 3 is 2.19 bits per heavy atom. The molecule has 0 aliphatic rings. The number of hydrogen-bond donors (Lipinski definition) is 1. The molecule has 5 nitrogen and oxygen atoms in total. The fourth-order valence-corrected chi connectivity index (χ4v) is 1.67. The van der Waals surface area contributed by atoms with Gasteiger partial charge in [0.1, 0.15) is 13.1 Å². The lowest BCUT2D eigenvalue weighted by atomic mass is 10.2. The van der Waals surface area contributed by atoms with Gasteiger partial charge in [-0.25, -0.2) is 4.79 Å². The van der Waals surface area contributed by atoms with Crippen molar-refractivity contribution in [3.63, 3.8) is 0 Å². The number of nitrogens with zero attached hydrogens (tertiary/aromatic N) is 1. The third-order valence-corrected chi connectivity index (χ3v) is 2.61. The third-order valence-electron chi connectivity index (χ3n) is 2.61. The number of anilines is 1. The molecule has 2 aromatic carbocycles. The first-order valence-electron chi connectivity index (χ1n) is 7.23. The van der Waals surface area contributed by atoms with Gasteiger partial charge in [-0.15, -0.1) is 0 Å². The first-order valence-corrected chi connectivity index (χ1v) is 6.23. The molecule has 1 N–H and O–H groups in total. The van der Waals surface area contributed by atoms with Gasteiger partial charge in [-0.2, -0.15) is 0 Å². The van der Waals surface area contributed by atoms with Crippen molar-refractivity contribution in [1.29, 1.82) is 0 Å². The summed E-state index contributed by atoms with van der Waals surface area (Å²) in [5, 5.41) is 8.97. The van der Waals surface area contributed by atoms with Crippen molar-refractivity contribution in [3.8, 4) is 0 Å². The summed E-state index contributed by atoms with van der Waals surface area (Å²) in [5.74, 6) is -1.23. The molecule has 21 heavy (non-hydrogen) atoms. The van der Waals surface area contributed by atoms with Crippen LogP contribution in [0.5, 0.6) is 0 Å². The minimum Gasteiger partial charge on any atom is -0.480 e. The fraction of sp³-hybridized carbons (Fsp3) is 0.125. The van der Waals surface area contributed by atoms with Crippen LogP contribution >= 0.6 is 0 Å². The highest BCUT2D eigenvalue weighted by molar-refractivity contribution is 5.92. The van der Waals surface area contributed by atoms with Gasteiger partial charge in [0.05, 0.1) is 2.74 Å². The molecule has 0 heterocycles. The van der Waals surface area contributed by atoms with Crippen LogP contribution in [-0.2, 0) is 16.1 Å². The van der Waals surface area contributed by atoms with E-state index >= 15 is 0 Å². The van der Waals surface area contributed by atoms with E-state index in [0.29, 0.717) is 5.69 Å². The lowest BCUT2D eigenvalue weighted by Crippen LogP contribution is -2.36. The number of carbonyl (C=O) groups excluding carboxylic acids is 1. The van der Waals surface area contributed by atoms with Crippen LogP contribution in [0.1, 0.15) is 8.30 Å². The van der Waals surface area contributed by atoms with Crippen LogP contribution in [0, 0.1) is 0 Å². The van der Waals surface area contributed by atoms with Crippen LogP contribution in [-0.4, -0.2) is 23.7 Å². The summed E-state index contributed by atoms with van der Waals surface area (Å²) in [5.41, 5.74) is 0.473. The van der Waals surface area contributed by atoms with Crippen LogP contribution in [0.25, 0.3) is 0 Å². The molecule has 0 spiro atoms. The second-order valence-corrected chi connectivity index (χ2v) is 4.15. The average Bonchev–Trinajstić information content (AvgIpc) is 2.53. The Labute approximate surface area is 125 Å². The van der Waals surface area contributed by atoms with Crippen LogP contribution in [0.15, 0.2) is 60.7 Å². The molecule has 1 amide bonds. The number of hydrogen-bond acceptors (Lipinski definition) is 3. The van der Waals surface area contributed by atoms with Gasteiger partial charge < -0.3 is 9.84 Å². The number of para-hydroxylation sites is 1. The van der Waals surface area contributed by atoms with Crippen molar-refractivity contribution in [3.05, 3.63) is 66.2 Å². The molecule has 0 aliphatic heterocycles. The first-order chi connectivity index (χ1) is 10.9. The summed E-state index contributed by atoms with van der Waals surface area (Å²) in [6.45, 7) is -3.00. The Morgan fingerprint density at radius 2 is 1.62 bits per heavy atom. The van der Waals surface area contributed by atoms with Crippen molar-refractivity contribution < 1.29 is 22.2 Å². The predicted molar refractivity (Wildman–Crippen MR) is 78.1 cm³/mol.